The molecule has 4 aromatic rings. The highest BCUT2D eigenvalue weighted by molar-refractivity contribution is 5.94. The highest BCUT2D eigenvalue weighted by Crippen LogP contribution is 2.31. The lowest BCUT2D eigenvalue weighted by Gasteiger charge is -2.12. The van der Waals surface area contributed by atoms with Crippen LogP contribution in [0.25, 0.3) is 33.5 Å². The van der Waals surface area contributed by atoms with Crippen LogP contribution >= 0.6 is 0 Å². The van der Waals surface area contributed by atoms with Gasteiger partial charge in [0.1, 0.15) is 0 Å². The molecule has 0 saturated carbocycles. The van der Waals surface area contributed by atoms with Crippen molar-refractivity contribution in [2.45, 2.75) is 13.8 Å². The lowest BCUT2D eigenvalue weighted by Crippen LogP contribution is -1.96. The molecular formula is C22H18N2. The summed E-state index contributed by atoms with van der Waals surface area (Å²) in [5.41, 5.74) is 6.64. The summed E-state index contributed by atoms with van der Waals surface area (Å²) < 4.78 is 0. The van der Waals surface area contributed by atoms with Gasteiger partial charge in [0.2, 0.25) is 0 Å². The van der Waals surface area contributed by atoms with Crippen molar-refractivity contribution in [3.63, 3.8) is 0 Å². The normalized spacial score (nSPS) is 10.9. The van der Waals surface area contributed by atoms with Crippen molar-refractivity contribution < 1.29 is 0 Å². The van der Waals surface area contributed by atoms with E-state index in [0.717, 1.165) is 28.0 Å². The molecule has 0 atom stereocenters. The van der Waals surface area contributed by atoms with Gasteiger partial charge in [-0.1, -0.05) is 66.2 Å². The first kappa shape index (κ1) is 14.6. The van der Waals surface area contributed by atoms with Gasteiger partial charge in [0, 0.05) is 16.5 Å². The maximum atomic E-state index is 4.93. The first-order valence-electron chi connectivity index (χ1n) is 8.12. The van der Waals surface area contributed by atoms with Crippen LogP contribution in [0.5, 0.6) is 0 Å². The zero-order valence-electron chi connectivity index (χ0n) is 13.8. The van der Waals surface area contributed by atoms with Crippen molar-refractivity contribution in [3.8, 4) is 22.6 Å². The van der Waals surface area contributed by atoms with E-state index in [4.69, 9.17) is 9.97 Å². The number of aromatic nitrogens is 2. The van der Waals surface area contributed by atoms with Crippen LogP contribution in [0.3, 0.4) is 0 Å². The smallest absolute Gasteiger partial charge is 0.160 e. The largest absolute Gasteiger partial charge is 0.228 e. The number of hydrogen-bond acceptors (Lipinski definition) is 2. The molecule has 0 saturated heterocycles. The SMILES string of the molecule is Cc1ccc(C)c(-c2nc(-c3ccccc3)nc3ccccc23)c1. The molecule has 3 aromatic carbocycles. The summed E-state index contributed by atoms with van der Waals surface area (Å²) in [6.45, 7) is 4.25. The van der Waals surface area contributed by atoms with Gasteiger partial charge in [-0.2, -0.15) is 0 Å². The van der Waals surface area contributed by atoms with Crippen molar-refractivity contribution in [3.05, 3.63) is 83.9 Å². The quantitative estimate of drug-likeness (QED) is 0.483. The zero-order chi connectivity index (χ0) is 16.5. The van der Waals surface area contributed by atoms with Crippen molar-refractivity contribution in [1.29, 1.82) is 0 Å². The van der Waals surface area contributed by atoms with Gasteiger partial charge in [-0.15, -0.1) is 0 Å². The number of rotatable bonds is 2. The predicted octanol–water partition coefficient (Wildman–Crippen LogP) is 5.58. The topological polar surface area (TPSA) is 25.8 Å². The predicted molar refractivity (Wildman–Crippen MR) is 99.9 cm³/mol. The summed E-state index contributed by atoms with van der Waals surface area (Å²) in [7, 11) is 0. The van der Waals surface area contributed by atoms with Gasteiger partial charge in [0.05, 0.1) is 11.2 Å². The Labute approximate surface area is 141 Å². The lowest BCUT2D eigenvalue weighted by molar-refractivity contribution is 1.22. The minimum absolute atomic E-state index is 0.769. The second-order valence-electron chi connectivity index (χ2n) is 6.10. The molecule has 1 aromatic heterocycles. The summed E-state index contributed by atoms with van der Waals surface area (Å²) in [6, 6.07) is 24.9. The summed E-state index contributed by atoms with van der Waals surface area (Å²) in [5, 5.41) is 1.09. The molecule has 1 heterocycles. The molecule has 0 unspecified atom stereocenters. The minimum atomic E-state index is 0.769. The molecule has 0 aliphatic carbocycles. The van der Waals surface area contributed by atoms with Crippen LogP contribution in [0, 0.1) is 13.8 Å². The van der Waals surface area contributed by atoms with Gasteiger partial charge in [-0.05, 0) is 31.5 Å². The molecule has 116 valence electrons. The Balaban J connectivity index is 2.05. The number of fused-ring (bicyclic) bond motifs is 1. The van der Waals surface area contributed by atoms with E-state index in [1.807, 2.05) is 30.3 Å². The number of para-hydroxylation sites is 1. The molecule has 0 aliphatic rings. The third-order valence-electron chi connectivity index (χ3n) is 4.28. The van der Waals surface area contributed by atoms with Crippen LogP contribution in [0.2, 0.25) is 0 Å². The average molecular weight is 310 g/mol. The van der Waals surface area contributed by atoms with Gasteiger partial charge in [0.15, 0.2) is 5.82 Å². The van der Waals surface area contributed by atoms with E-state index in [-0.39, 0.29) is 0 Å². The Hall–Kier alpha value is -3.00. The molecule has 0 amide bonds. The van der Waals surface area contributed by atoms with E-state index in [0.29, 0.717) is 0 Å². The molecule has 0 bridgehead atoms. The molecule has 4 rings (SSSR count). The molecule has 0 fully saturated rings. The molecule has 2 heteroatoms. The van der Waals surface area contributed by atoms with E-state index in [1.54, 1.807) is 0 Å². The number of benzene rings is 3. The molecule has 0 aliphatic heterocycles. The first-order chi connectivity index (χ1) is 11.7. The van der Waals surface area contributed by atoms with E-state index >= 15 is 0 Å². The molecular weight excluding hydrogens is 292 g/mol. The van der Waals surface area contributed by atoms with E-state index < -0.39 is 0 Å². The number of nitrogens with zero attached hydrogens (tertiary/aromatic N) is 2. The third-order valence-corrected chi connectivity index (χ3v) is 4.28. The van der Waals surface area contributed by atoms with Crippen molar-refractivity contribution in [2.24, 2.45) is 0 Å². The fraction of sp³-hybridized carbons (Fsp3) is 0.0909. The first-order valence-corrected chi connectivity index (χ1v) is 8.12. The highest BCUT2D eigenvalue weighted by atomic mass is 14.9. The second-order valence-corrected chi connectivity index (χ2v) is 6.10. The summed E-state index contributed by atoms with van der Waals surface area (Å²) in [5.74, 6) is 0.769. The Bertz CT molecular complexity index is 1020. The fourth-order valence-electron chi connectivity index (χ4n) is 2.99. The summed E-state index contributed by atoms with van der Waals surface area (Å²) in [4.78, 5) is 9.70. The van der Waals surface area contributed by atoms with Crippen LogP contribution in [0.15, 0.2) is 72.8 Å². The summed E-state index contributed by atoms with van der Waals surface area (Å²) in [6.07, 6.45) is 0. The van der Waals surface area contributed by atoms with E-state index in [9.17, 15) is 0 Å². The fourth-order valence-corrected chi connectivity index (χ4v) is 2.99. The molecule has 0 spiro atoms. The standard InChI is InChI=1S/C22H18N2/c1-15-12-13-16(2)19(14-15)21-18-10-6-7-11-20(18)23-22(24-21)17-8-4-3-5-9-17/h3-14H,1-2H3. The maximum Gasteiger partial charge on any atom is 0.160 e. The Kier molecular flexibility index (Phi) is 3.58. The van der Waals surface area contributed by atoms with Gasteiger partial charge in [0.25, 0.3) is 0 Å². The summed E-state index contributed by atoms with van der Waals surface area (Å²) >= 11 is 0. The van der Waals surface area contributed by atoms with Gasteiger partial charge >= 0.3 is 0 Å². The van der Waals surface area contributed by atoms with Crippen molar-refractivity contribution in [2.75, 3.05) is 0 Å². The zero-order valence-corrected chi connectivity index (χ0v) is 13.8. The molecule has 0 N–H and O–H groups in total. The lowest BCUT2D eigenvalue weighted by atomic mass is 9.99. The Morgan fingerprint density at radius 1 is 0.708 bits per heavy atom. The van der Waals surface area contributed by atoms with Crippen LogP contribution in [-0.4, -0.2) is 9.97 Å². The Morgan fingerprint density at radius 3 is 2.29 bits per heavy atom. The molecule has 24 heavy (non-hydrogen) atoms. The van der Waals surface area contributed by atoms with E-state index in [2.05, 4.69) is 56.3 Å². The van der Waals surface area contributed by atoms with Crippen LogP contribution in [0.4, 0.5) is 0 Å². The van der Waals surface area contributed by atoms with Gasteiger partial charge < -0.3 is 0 Å². The maximum absolute atomic E-state index is 4.93. The van der Waals surface area contributed by atoms with Crippen LogP contribution in [0.1, 0.15) is 11.1 Å². The number of aryl methyl sites for hydroxylation is 2. The highest BCUT2D eigenvalue weighted by Gasteiger charge is 2.12. The second kappa shape index (κ2) is 5.89. The van der Waals surface area contributed by atoms with Crippen molar-refractivity contribution >= 4 is 10.9 Å². The Morgan fingerprint density at radius 2 is 1.46 bits per heavy atom. The van der Waals surface area contributed by atoms with E-state index in [1.165, 1.54) is 16.7 Å². The van der Waals surface area contributed by atoms with Crippen molar-refractivity contribution in [1.82, 2.24) is 9.97 Å². The van der Waals surface area contributed by atoms with Crippen LogP contribution < -0.4 is 0 Å². The van der Waals surface area contributed by atoms with Crippen LogP contribution in [-0.2, 0) is 0 Å². The minimum Gasteiger partial charge on any atom is -0.228 e. The van der Waals surface area contributed by atoms with Gasteiger partial charge in [-0.25, -0.2) is 9.97 Å². The monoisotopic (exact) mass is 310 g/mol. The third kappa shape index (κ3) is 2.56. The number of hydrogen-bond donors (Lipinski definition) is 0. The molecule has 2 nitrogen and oxygen atoms in total. The average Bonchev–Trinajstić information content (AvgIpc) is 2.63. The molecule has 0 radical (unpaired) electrons. The van der Waals surface area contributed by atoms with Gasteiger partial charge in [-0.3, -0.25) is 0 Å².